The maximum Gasteiger partial charge on any atom is 0.234 e. The van der Waals surface area contributed by atoms with Gasteiger partial charge >= 0.3 is 0 Å². The van der Waals surface area contributed by atoms with Gasteiger partial charge in [0.25, 0.3) is 0 Å². The molecular formula is C22H18ClN3OS3. The summed E-state index contributed by atoms with van der Waals surface area (Å²) in [4.78, 5) is 25.7. The molecule has 4 aromatic rings. The third-order valence-electron chi connectivity index (χ3n) is 4.47. The molecule has 0 radical (unpaired) electrons. The van der Waals surface area contributed by atoms with Crippen molar-refractivity contribution in [1.82, 2.24) is 9.97 Å². The number of anilines is 1. The SMILES string of the molecule is Cc1sc2ncnc(SCC(=O)Nc3ccccc3Sc3ccc(Cl)cc3)c2c1C. The molecule has 0 saturated heterocycles. The van der Waals surface area contributed by atoms with Crippen LogP contribution in [0.4, 0.5) is 5.69 Å². The number of carbonyl (C=O) groups is 1. The Balaban J connectivity index is 1.46. The van der Waals surface area contributed by atoms with E-state index < -0.39 is 0 Å². The van der Waals surface area contributed by atoms with E-state index in [1.165, 1.54) is 22.2 Å². The predicted octanol–water partition coefficient (Wildman–Crippen LogP) is 6.84. The Morgan fingerprint density at radius 1 is 1.10 bits per heavy atom. The van der Waals surface area contributed by atoms with Gasteiger partial charge in [-0.2, -0.15) is 0 Å². The van der Waals surface area contributed by atoms with Gasteiger partial charge in [0, 0.05) is 25.1 Å². The number of thiophene rings is 1. The molecule has 2 aromatic heterocycles. The third kappa shape index (κ3) is 4.81. The number of nitrogens with one attached hydrogen (secondary N) is 1. The number of amides is 1. The Labute approximate surface area is 192 Å². The second-order valence-electron chi connectivity index (χ2n) is 6.53. The molecular weight excluding hydrogens is 454 g/mol. The van der Waals surface area contributed by atoms with Crippen LogP contribution < -0.4 is 5.32 Å². The minimum absolute atomic E-state index is 0.0690. The van der Waals surface area contributed by atoms with E-state index in [1.807, 2.05) is 48.5 Å². The van der Waals surface area contributed by atoms with Crippen LogP contribution in [0.2, 0.25) is 5.02 Å². The van der Waals surface area contributed by atoms with Gasteiger partial charge in [-0.25, -0.2) is 9.97 Å². The fourth-order valence-electron chi connectivity index (χ4n) is 2.87. The van der Waals surface area contributed by atoms with Crippen LogP contribution in [0.1, 0.15) is 10.4 Å². The molecule has 0 aliphatic carbocycles. The molecule has 4 nitrogen and oxygen atoms in total. The lowest BCUT2D eigenvalue weighted by Crippen LogP contribution is -2.14. The standard InChI is InChI=1S/C22H18ClN3OS3/c1-13-14(2)29-22-20(13)21(24-12-25-22)28-11-19(27)26-17-5-3-4-6-18(17)30-16-9-7-15(23)8-10-16/h3-10,12H,11H2,1-2H3,(H,26,27). The zero-order valence-electron chi connectivity index (χ0n) is 16.3. The summed E-state index contributed by atoms with van der Waals surface area (Å²) in [7, 11) is 0. The smallest absolute Gasteiger partial charge is 0.234 e. The van der Waals surface area contributed by atoms with Crippen LogP contribution in [0.3, 0.4) is 0 Å². The predicted molar refractivity (Wildman–Crippen MR) is 128 cm³/mol. The van der Waals surface area contributed by atoms with Gasteiger partial charge in [-0.15, -0.1) is 11.3 Å². The van der Waals surface area contributed by atoms with Gasteiger partial charge in [0.05, 0.1) is 11.4 Å². The molecule has 0 atom stereocenters. The summed E-state index contributed by atoms with van der Waals surface area (Å²) >= 11 is 10.7. The molecule has 30 heavy (non-hydrogen) atoms. The fraction of sp³-hybridized carbons (Fsp3) is 0.136. The van der Waals surface area contributed by atoms with Crippen molar-refractivity contribution < 1.29 is 4.79 Å². The molecule has 0 spiro atoms. The van der Waals surface area contributed by atoms with Crippen molar-refractivity contribution in [2.24, 2.45) is 0 Å². The van der Waals surface area contributed by atoms with Crippen LogP contribution in [-0.4, -0.2) is 21.6 Å². The monoisotopic (exact) mass is 471 g/mol. The Morgan fingerprint density at radius 3 is 2.67 bits per heavy atom. The van der Waals surface area contributed by atoms with Gasteiger partial charge in [0.1, 0.15) is 16.2 Å². The molecule has 0 fully saturated rings. The number of hydrogen-bond acceptors (Lipinski definition) is 6. The third-order valence-corrected chi connectivity index (χ3v) is 7.91. The number of benzene rings is 2. The molecule has 0 unspecified atom stereocenters. The van der Waals surface area contributed by atoms with Crippen LogP contribution >= 0.6 is 46.5 Å². The number of carbonyl (C=O) groups excluding carboxylic acids is 1. The molecule has 0 bridgehead atoms. The first-order valence-corrected chi connectivity index (χ1v) is 12.2. The molecule has 8 heteroatoms. The van der Waals surface area contributed by atoms with Gasteiger partial charge in [-0.3, -0.25) is 4.79 Å². The van der Waals surface area contributed by atoms with Gasteiger partial charge in [0.2, 0.25) is 5.91 Å². The average molecular weight is 472 g/mol. The van der Waals surface area contributed by atoms with Crippen LogP contribution in [0.5, 0.6) is 0 Å². The van der Waals surface area contributed by atoms with E-state index in [4.69, 9.17) is 11.6 Å². The van der Waals surface area contributed by atoms with Gasteiger partial charge < -0.3 is 5.32 Å². The Hall–Kier alpha value is -2.06. The second kappa shape index (κ2) is 9.39. The maximum atomic E-state index is 12.7. The van der Waals surface area contributed by atoms with Crippen LogP contribution in [0.15, 0.2) is 69.7 Å². The minimum atomic E-state index is -0.0690. The number of hydrogen-bond donors (Lipinski definition) is 1. The number of rotatable bonds is 6. The lowest BCUT2D eigenvalue weighted by molar-refractivity contribution is -0.113. The molecule has 152 valence electrons. The number of nitrogens with zero attached hydrogens (tertiary/aromatic N) is 2. The van der Waals surface area contributed by atoms with Gasteiger partial charge in [-0.1, -0.05) is 47.3 Å². The summed E-state index contributed by atoms with van der Waals surface area (Å²) in [6.45, 7) is 4.16. The average Bonchev–Trinajstić information content (AvgIpc) is 3.04. The molecule has 0 saturated carbocycles. The van der Waals surface area contributed by atoms with E-state index in [9.17, 15) is 4.79 Å². The van der Waals surface area contributed by atoms with E-state index in [-0.39, 0.29) is 11.7 Å². The van der Waals surface area contributed by atoms with Crippen molar-refractivity contribution in [2.45, 2.75) is 28.7 Å². The summed E-state index contributed by atoms with van der Waals surface area (Å²) < 4.78 is 0. The molecule has 2 heterocycles. The van der Waals surface area contributed by atoms with E-state index in [0.29, 0.717) is 5.02 Å². The largest absolute Gasteiger partial charge is 0.324 e. The molecule has 0 aliphatic heterocycles. The van der Waals surface area contributed by atoms with Crippen molar-refractivity contribution >= 4 is 68.3 Å². The number of thioether (sulfide) groups is 1. The quantitative estimate of drug-likeness (QED) is 0.246. The number of aromatic nitrogens is 2. The molecule has 1 amide bonds. The number of fused-ring (bicyclic) bond motifs is 1. The first-order chi connectivity index (χ1) is 14.5. The Morgan fingerprint density at radius 2 is 1.87 bits per heavy atom. The Bertz CT molecular complexity index is 1210. The fourth-order valence-corrected chi connectivity index (χ4v) is 5.81. The lowest BCUT2D eigenvalue weighted by Gasteiger charge is -2.11. The molecule has 0 aliphatic rings. The van der Waals surface area contributed by atoms with Gasteiger partial charge in [-0.05, 0) is 55.8 Å². The topological polar surface area (TPSA) is 54.9 Å². The van der Waals surface area contributed by atoms with E-state index >= 15 is 0 Å². The normalized spacial score (nSPS) is 11.0. The second-order valence-corrected chi connectivity index (χ2v) is 10.3. The summed E-state index contributed by atoms with van der Waals surface area (Å²) in [5.41, 5.74) is 1.97. The summed E-state index contributed by atoms with van der Waals surface area (Å²) in [5, 5.41) is 5.63. The zero-order chi connectivity index (χ0) is 21.1. The van der Waals surface area contributed by atoms with Crippen LogP contribution in [-0.2, 0) is 4.79 Å². The highest BCUT2D eigenvalue weighted by atomic mass is 35.5. The Kier molecular flexibility index (Phi) is 6.63. The van der Waals surface area contributed by atoms with Crippen molar-refractivity contribution in [3.63, 3.8) is 0 Å². The van der Waals surface area contributed by atoms with E-state index in [0.717, 1.165) is 30.7 Å². The number of halogens is 1. The van der Waals surface area contributed by atoms with Crippen LogP contribution in [0.25, 0.3) is 10.2 Å². The summed E-state index contributed by atoms with van der Waals surface area (Å²) in [5.74, 6) is 0.209. The summed E-state index contributed by atoms with van der Waals surface area (Å²) in [6.07, 6.45) is 1.57. The highest BCUT2D eigenvalue weighted by Gasteiger charge is 2.14. The van der Waals surface area contributed by atoms with E-state index in [2.05, 4.69) is 29.1 Å². The van der Waals surface area contributed by atoms with Crippen molar-refractivity contribution in [1.29, 1.82) is 0 Å². The van der Waals surface area contributed by atoms with Crippen molar-refractivity contribution in [3.05, 3.63) is 70.3 Å². The lowest BCUT2D eigenvalue weighted by atomic mass is 10.2. The van der Waals surface area contributed by atoms with E-state index in [1.54, 1.807) is 29.4 Å². The highest BCUT2D eigenvalue weighted by Crippen LogP contribution is 2.36. The maximum absolute atomic E-state index is 12.7. The molecule has 2 aromatic carbocycles. The minimum Gasteiger partial charge on any atom is -0.324 e. The zero-order valence-corrected chi connectivity index (χ0v) is 19.5. The van der Waals surface area contributed by atoms with Crippen molar-refractivity contribution in [3.8, 4) is 0 Å². The first kappa shape index (κ1) is 21.2. The molecule has 1 N–H and O–H groups in total. The van der Waals surface area contributed by atoms with Crippen LogP contribution in [0, 0.1) is 13.8 Å². The number of para-hydroxylation sites is 1. The summed E-state index contributed by atoms with van der Waals surface area (Å²) in [6, 6.07) is 15.4. The van der Waals surface area contributed by atoms with Crippen molar-refractivity contribution in [2.75, 3.05) is 11.1 Å². The first-order valence-electron chi connectivity index (χ1n) is 9.17. The van der Waals surface area contributed by atoms with Gasteiger partial charge in [0.15, 0.2) is 0 Å². The highest BCUT2D eigenvalue weighted by molar-refractivity contribution is 8.00. The number of aryl methyl sites for hydroxylation is 2. The molecule has 4 rings (SSSR count).